The summed E-state index contributed by atoms with van der Waals surface area (Å²) >= 11 is 0. The molecule has 0 unspecified atom stereocenters. The SMILES string of the molecule is C[C@H](c1ccc(S(N)(=O)=O)cc1)N(C)C1CC(OC(C)(C)C)C1. The van der Waals surface area contributed by atoms with Crippen molar-refractivity contribution in [1.82, 2.24) is 4.90 Å². The summed E-state index contributed by atoms with van der Waals surface area (Å²) in [4.78, 5) is 2.48. The van der Waals surface area contributed by atoms with Crippen LogP contribution in [-0.4, -0.2) is 38.1 Å². The highest BCUT2D eigenvalue weighted by Gasteiger charge is 2.36. The lowest BCUT2D eigenvalue weighted by Crippen LogP contribution is -2.49. The first-order valence-electron chi connectivity index (χ1n) is 8.00. The molecule has 0 aliphatic heterocycles. The topological polar surface area (TPSA) is 72.6 Å². The molecule has 0 heterocycles. The molecule has 0 saturated heterocycles. The lowest BCUT2D eigenvalue weighted by molar-refractivity contribution is -0.121. The molecule has 0 bridgehead atoms. The van der Waals surface area contributed by atoms with E-state index in [1.165, 1.54) is 0 Å². The quantitative estimate of drug-likeness (QED) is 0.894. The molecule has 0 aromatic heterocycles. The Morgan fingerprint density at radius 3 is 2.17 bits per heavy atom. The Morgan fingerprint density at radius 2 is 1.74 bits per heavy atom. The minimum Gasteiger partial charge on any atom is -0.373 e. The average Bonchev–Trinajstić information content (AvgIpc) is 2.39. The summed E-state index contributed by atoms with van der Waals surface area (Å²) in [5.41, 5.74) is 0.990. The van der Waals surface area contributed by atoms with Crippen LogP contribution >= 0.6 is 0 Å². The van der Waals surface area contributed by atoms with Crippen molar-refractivity contribution in [3.8, 4) is 0 Å². The zero-order valence-corrected chi connectivity index (χ0v) is 15.4. The summed E-state index contributed by atoms with van der Waals surface area (Å²) in [6.45, 7) is 8.38. The van der Waals surface area contributed by atoms with Crippen LogP contribution in [0, 0.1) is 0 Å². The van der Waals surface area contributed by atoms with E-state index in [1.54, 1.807) is 12.1 Å². The van der Waals surface area contributed by atoms with Crippen LogP contribution in [0.25, 0.3) is 0 Å². The van der Waals surface area contributed by atoms with Crippen LogP contribution in [0.2, 0.25) is 0 Å². The van der Waals surface area contributed by atoms with Crippen molar-refractivity contribution < 1.29 is 13.2 Å². The maximum absolute atomic E-state index is 11.3. The summed E-state index contributed by atoms with van der Waals surface area (Å²) in [6, 6.07) is 7.52. The smallest absolute Gasteiger partial charge is 0.238 e. The predicted octanol–water partition coefficient (Wildman–Crippen LogP) is 2.67. The molecule has 130 valence electrons. The molecule has 1 fully saturated rings. The number of ether oxygens (including phenoxy) is 1. The third-order valence-electron chi connectivity index (χ3n) is 4.47. The third-order valence-corrected chi connectivity index (χ3v) is 5.40. The summed E-state index contributed by atoms with van der Waals surface area (Å²) < 4.78 is 28.6. The van der Waals surface area contributed by atoms with Gasteiger partial charge in [0, 0.05) is 12.1 Å². The van der Waals surface area contributed by atoms with Gasteiger partial charge >= 0.3 is 0 Å². The number of sulfonamides is 1. The monoisotopic (exact) mass is 340 g/mol. The second-order valence-corrected chi connectivity index (χ2v) is 8.99. The Labute approximate surface area is 139 Å². The Morgan fingerprint density at radius 1 is 1.22 bits per heavy atom. The van der Waals surface area contributed by atoms with Gasteiger partial charge < -0.3 is 4.74 Å². The first-order chi connectivity index (χ1) is 10.5. The van der Waals surface area contributed by atoms with E-state index < -0.39 is 10.0 Å². The van der Waals surface area contributed by atoms with E-state index in [0.717, 1.165) is 18.4 Å². The third kappa shape index (κ3) is 4.76. The Bertz CT molecular complexity index is 629. The van der Waals surface area contributed by atoms with Gasteiger partial charge in [0.2, 0.25) is 10.0 Å². The molecule has 1 aliphatic carbocycles. The summed E-state index contributed by atoms with van der Waals surface area (Å²) in [7, 11) is -1.52. The molecule has 0 spiro atoms. The number of primary sulfonamides is 1. The fraction of sp³-hybridized carbons (Fsp3) is 0.647. The van der Waals surface area contributed by atoms with Crippen molar-refractivity contribution in [2.45, 2.75) is 69.2 Å². The highest BCUT2D eigenvalue weighted by atomic mass is 32.2. The van der Waals surface area contributed by atoms with Gasteiger partial charge in [-0.2, -0.15) is 0 Å². The van der Waals surface area contributed by atoms with Crippen LogP contribution in [0.3, 0.4) is 0 Å². The van der Waals surface area contributed by atoms with Crippen molar-refractivity contribution in [1.29, 1.82) is 0 Å². The molecule has 1 atom stereocenters. The highest BCUT2D eigenvalue weighted by molar-refractivity contribution is 7.89. The second kappa shape index (κ2) is 6.51. The summed E-state index contributed by atoms with van der Waals surface area (Å²) in [6.07, 6.45) is 2.40. The largest absolute Gasteiger partial charge is 0.373 e. The number of nitrogens with zero attached hydrogens (tertiary/aromatic N) is 1. The maximum atomic E-state index is 11.3. The molecular weight excluding hydrogens is 312 g/mol. The Hall–Kier alpha value is -0.950. The fourth-order valence-corrected chi connectivity index (χ4v) is 3.47. The lowest BCUT2D eigenvalue weighted by Gasteiger charge is -2.45. The van der Waals surface area contributed by atoms with Crippen LogP contribution in [0.15, 0.2) is 29.2 Å². The van der Waals surface area contributed by atoms with E-state index in [4.69, 9.17) is 9.88 Å². The zero-order chi connectivity index (χ0) is 17.4. The van der Waals surface area contributed by atoms with Gasteiger partial charge in [0.25, 0.3) is 0 Å². The number of benzene rings is 1. The first-order valence-corrected chi connectivity index (χ1v) is 9.54. The zero-order valence-electron chi connectivity index (χ0n) is 14.6. The van der Waals surface area contributed by atoms with Gasteiger partial charge in [-0.15, -0.1) is 0 Å². The van der Waals surface area contributed by atoms with Gasteiger partial charge in [-0.1, -0.05) is 12.1 Å². The molecule has 2 N–H and O–H groups in total. The molecule has 1 aromatic rings. The first kappa shape index (κ1) is 18.4. The van der Waals surface area contributed by atoms with E-state index in [-0.39, 0.29) is 16.5 Å². The van der Waals surface area contributed by atoms with E-state index in [9.17, 15) is 8.42 Å². The van der Waals surface area contributed by atoms with E-state index in [2.05, 4.69) is 39.6 Å². The van der Waals surface area contributed by atoms with Gasteiger partial charge in [0.1, 0.15) is 0 Å². The van der Waals surface area contributed by atoms with Crippen molar-refractivity contribution in [2.24, 2.45) is 5.14 Å². The molecular formula is C17H28N2O3S. The maximum Gasteiger partial charge on any atom is 0.238 e. The van der Waals surface area contributed by atoms with E-state index in [1.807, 2.05) is 12.1 Å². The average molecular weight is 340 g/mol. The van der Waals surface area contributed by atoms with Crippen LogP contribution in [0.1, 0.15) is 52.1 Å². The second-order valence-electron chi connectivity index (χ2n) is 7.43. The molecule has 0 radical (unpaired) electrons. The minimum absolute atomic E-state index is 0.0939. The van der Waals surface area contributed by atoms with Gasteiger partial charge in [0.15, 0.2) is 0 Å². The molecule has 6 heteroatoms. The minimum atomic E-state index is -3.63. The molecule has 0 amide bonds. The molecule has 5 nitrogen and oxygen atoms in total. The molecule has 2 rings (SSSR count). The predicted molar refractivity (Wildman–Crippen MR) is 91.6 cm³/mol. The number of nitrogens with two attached hydrogens (primary N) is 1. The van der Waals surface area contributed by atoms with Crippen LogP contribution in [0.5, 0.6) is 0 Å². The molecule has 1 saturated carbocycles. The van der Waals surface area contributed by atoms with E-state index >= 15 is 0 Å². The lowest BCUT2D eigenvalue weighted by atomic mass is 9.86. The highest BCUT2D eigenvalue weighted by Crippen LogP contribution is 2.34. The Kier molecular flexibility index (Phi) is 5.21. The van der Waals surface area contributed by atoms with Gasteiger partial charge in [-0.3, -0.25) is 4.90 Å². The fourth-order valence-electron chi connectivity index (χ4n) is 2.95. The number of hydrogen-bond donors (Lipinski definition) is 1. The normalized spacial score (nSPS) is 23.6. The number of hydrogen-bond acceptors (Lipinski definition) is 4. The van der Waals surface area contributed by atoms with Gasteiger partial charge in [-0.25, -0.2) is 13.6 Å². The molecule has 1 aliphatic rings. The van der Waals surface area contributed by atoms with E-state index in [0.29, 0.717) is 12.1 Å². The standard InChI is InChI=1S/C17H28N2O3S/c1-12(13-6-8-16(9-7-13)23(18,20)21)19(5)14-10-15(11-14)22-17(2,3)4/h6-9,12,14-15H,10-11H2,1-5H3,(H2,18,20,21)/t12-,14?,15?/m1/s1. The summed E-state index contributed by atoms with van der Waals surface area (Å²) in [5.74, 6) is 0. The van der Waals surface area contributed by atoms with Crippen LogP contribution in [0.4, 0.5) is 0 Å². The Balaban J connectivity index is 1.95. The van der Waals surface area contributed by atoms with Crippen molar-refractivity contribution in [2.75, 3.05) is 7.05 Å². The van der Waals surface area contributed by atoms with Gasteiger partial charge in [-0.05, 0) is 65.3 Å². The molecule has 1 aromatic carbocycles. The van der Waals surface area contributed by atoms with Crippen LogP contribution in [-0.2, 0) is 14.8 Å². The van der Waals surface area contributed by atoms with Crippen molar-refractivity contribution in [3.05, 3.63) is 29.8 Å². The molecule has 23 heavy (non-hydrogen) atoms. The van der Waals surface area contributed by atoms with Gasteiger partial charge in [0.05, 0.1) is 16.6 Å². The van der Waals surface area contributed by atoms with Crippen LogP contribution < -0.4 is 5.14 Å². The summed E-state index contributed by atoms with van der Waals surface area (Å²) in [5, 5.41) is 5.14. The van der Waals surface area contributed by atoms with Crippen molar-refractivity contribution >= 4 is 10.0 Å². The number of rotatable bonds is 5. The van der Waals surface area contributed by atoms with Crippen molar-refractivity contribution in [3.63, 3.8) is 0 Å².